The molecule has 3 rings (SSSR count). The molecule has 0 fully saturated rings. The molecule has 2 aromatic carbocycles. The van der Waals surface area contributed by atoms with Crippen LogP contribution in [0.25, 0.3) is 22.3 Å². The first kappa shape index (κ1) is 14.0. The van der Waals surface area contributed by atoms with Gasteiger partial charge in [-0.2, -0.15) is 0 Å². The quantitative estimate of drug-likeness (QED) is 0.648. The van der Waals surface area contributed by atoms with Gasteiger partial charge in [0.15, 0.2) is 5.82 Å². The molecule has 0 amide bonds. The molecule has 3 nitrogen and oxygen atoms in total. The van der Waals surface area contributed by atoms with Crippen LogP contribution in [0.3, 0.4) is 0 Å². The smallest absolute Gasteiger partial charge is 0.162 e. The molecule has 0 atom stereocenters. The molecule has 0 aliphatic rings. The van der Waals surface area contributed by atoms with Crippen LogP contribution >= 0.6 is 35.0 Å². The molecule has 19 heavy (non-hydrogen) atoms. The fourth-order valence-electron chi connectivity index (χ4n) is 1.86. The molecule has 0 saturated carbocycles. The Hall–Kier alpha value is -1.40. The van der Waals surface area contributed by atoms with Crippen LogP contribution in [0.2, 0.25) is 0 Å². The number of hydrogen-bond acceptors (Lipinski definition) is 3. The average molecular weight is 384 g/mol. The van der Waals surface area contributed by atoms with Crippen molar-refractivity contribution in [3.8, 4) is 11.4 Å². The summed E-state index contributed by atoms with van der Waals surface area (Å²) in [5, 5.41) is 0.895. The average Bonchev–Trinajstić information content (AvgIpc) is 2.39. The van der Waals surface area contributed by atoms with Crippen molar-refractivity contribution in [2.75, 3.05) is 5.73 Å². The first-order valence-electron chi connectivity index (χ1n) is 5.52. The van der Waals surface area contributed by atoms with Gasteiger partial charge in [0.05, 0.1) is 5.52 Å². The van der Waals surface area contributed by atoms with Crippen LogP contribution in [0.1, 0.15) is 0 Å². The molecule has 96 valence electrons. The molecule has 2 N–H and O–H groups in total. The van der Waals surface area contributed by atoms with E-state index in [1.165, 1.54) is 0 Å². The second-order valence-corrected chi connectivity index (χ2v) is 5.21. The highest BCUT2D eigenvalue weighted by atomic mass is 127. The lowest BCUT2D eigenvalue weighted by atomic mass is 10.2. The Morgan fingerprint density at radius 2 is 1.74 bits per heavy atom. The third kappa shape index (κ3) is 2.79. The second kappa shape index (κ2) is 5.71. The normalized spacial score (nSPS) is 10.2. The number of halogens is 2. The molecule has 5 heteroatoms. The van der Waals surface area contributed by atoms with E-state index in [-0.39, 0.29) is 12.4 Å². The van der Waals surface area contributed by atoms with E-state index in [2.05, 4.69) is 32.6 Å². The molecule has 0 unspecified atom stereocenters. The summed E-state index contributed by atoms with van der Waals surface area (Å²) in [6, 6.07) is 15.8. The zero-order valence-corrected chi connectivity index (χ0v) is 12.9. The summed E-state index contributed by atoms with van der Waals surface area (Å²) < 4.78 is 1.15. The molecule has 0 spiro atoms. The molecular weight excluding hydrogens is 373 g/mol. The van der Waals surface area contributed by atoms with E-state index < -0.39 is 0 Å². The maximum atomic E-state index is 5.98. The molecule has 1 heterocycles. The Morgan fingerprint density at radius 3 is 2.53 bits per heavy atom. The van der Waals surface area contributed by atoms with Crippen molar-refractivity contribution in [2.45, 2.75) is 0 Å². The Balaban J connectivity index is 0.00000133. The van der Waals surface area contributed by atoms with Crippen LogP contribution < -0.4 is 5.73 Å². The third-order valence-electron chi connectivity index (χ3n) is 2.72. The van der Waals surface area contributed by atoms with Crippen LogP contribution in [-0.4, -0.2) is 9.97 Å². The van der Waals surface area contributed by atoms with E-state index in [1.54, 1.807) is 0 Å². The largest absolute Gasteiger partial charge is 0.383 e. The number of fused-ring (bicyclic) bond motifs is 1. The van der Waals surface area contributed by atoms with Crippen molar-refractivity contribution in [3.05, 3.63) is 52.1 Å². The van der Waals surface area contributed by atoms with Gasteiger partial charge in [0, 0.05) is 14.5 Å². The van der Waals surface area contributed by atoms with Gasteiger partial charge in [0.25, 0.3) is 0 Å². The fourth-order valence-corrected chi connectivity index (χ4v) is 2.40. The van der Waals surface area contributed by atoms with E-state index in [9.17, 15) is 0 Å². The number of rotatable bonds is 1. The van der Waals surface area contributed by atoms with Gasteiger partial charge in [-0.1, -0.05) is 24.3 Å². The molecule has 0 radical (unpaired) electrons. The van der Waals surface area contributed by atoms with Gasteiger partial charge in [0.2, 0.25) is 0 Å². The van der Waals surface area contributed by atoms with Crippen molar-refractivity contribution in [3.63, 3.8) is 0 Å². The number of nitrogen functional groups attached to an aromatic ring is 1. The monoisotopic (exact) mass is 383 g/mol. The summed E-state index contributed by atoms with van der Waals surface area (Å²) >= 11 is 2.27. The lowest BCUT2D eigenvalue weighted by Gasteiger charge is -2.05. The highest BCUT2D eigenvalue weighted by Crippen LogP contribution is 2.23. The Labute approximate surface area is 130 Å². The first-order valence-corrected chi connectivity index (χ1v) is 6.60. The van der Waals surface area contributed by atoms with E-state index in [0.29, 0.717) is 11.6 Å². The van der Waals surface area contributed by atoms with Gasteiger partial charge in [-0.15, -0.1) is 12.4 Å². The van der Waals surface area contributed by atoms with E-state index in [1.807, 2.05) is 48.5 Å². The summed E-state index contributed by atoms with van der Waals surface area (Å²) in [5.41, 5.74) is 7.84. The molecular formula is C14H11ClIN3. The number of anilines is 1. The SMILES string of the molecule is Cl.Nc1nc(-c2cccc(I)c2)nc2ccccc12. The summed E-state index contributed by atoms with van der Waals surface area (Å²) in [6.07, 6.45) is 0. The zero-order valence-electron chi connectivity index (χ0n) is 9.88. The van der Waals surface area contributed by atoms with Crippen LogP contribution in [0.5, 0.6) is 0 Å². The molecule has 0 aliphatic heterocycles. The summed E-state index contributed by atoms with van der Waals surface area (Å²) in [5.74, 6) is 1.19. The number of benzene rings is 2. The second-order valence-electron chi connectivity index (χ2n) is 3.96. The van der Waals surface area contributed by atoms with E-state index >= 15 is 0 Å². The Bertz CT molecular complexity index is 731. The molecule has 1 aromatic heterocycles. The Morgan fingerprint density at radius 1 is 0.947 bits per heavy atom. The molecule has 0 saturated heterocycles. The van der Waals surface area contributed by atoms with Crippen LogP contribution in [0.4, 0.5) is 5.82 Å². The lowest BCUT2D eigenvalue weighted by Crippen LogP contribution is -1.97. The topological polar surface area (TPSA) is 51.8 Å². The maximum Gasteiger partial charge on any atom is 0.162 e. The minimum absolute atomic E-state index is 0. The lowest BCUT2D eigenvalue weighted by molar-refractivity contribution is 1.23. The first-order chi connectivity index (χ1) is 8.74. The van der Waals surface area contributed by atoms with Crippen LogP contribution in [0.15, 0.2) is 48.5 Å². The number of nitrogens with two attached hydrogens (primary N) is 1. The number of nitrogens with zero attached hydrogens (tertiary/aromatic N) is 2. The third-order valence-corrected chi connectivity index (χ3v) is 3.39. The standard InChI is InChI=1S/C14H10IN3.ClH/c15-10-5-3-4-9(8-10)14-17-12-7-2-1-6-11(12)13(16)18-14;/h1-8H,(H2,16,17,18);1H. The van der Waals surface area contributed by atoms with Crippen molar-refractivity contribution in [1.29, 1.82) is 0 Å². The van der Waals surface area contributed by atoms with Crippen molar-refractivity contribution in [1.82, 2.24) is 9.97 Å². The van der Waals surface area contributed by atoms with Gasteiger partial charge >= 0.3 is 0 Å². The predicted octanol–water partition coefficient (Wildman–Crippen LogP) is 3.91. The molecule has 3 aromatic rings. The minimum atomic E-state index is 0. The van der Waals surface area contributed by atoms with Crippen molar-refractivity contribution < 1.29 is 0 Å². The molecule has 0 bridgehead atoms. The maximum absolute atomic E-state index is 5.98. The van der Waals surface area contributed by atoms with Crippen LogP contribution in [-0.2, 0) is 0 Å². The molecule has 0 aliphatic carbocycles. The van der Waals surface area contributed by atoms with Gasteiger partial charge in [0.1, 0.15) is 5.82 Å². The van der Waals surface area contributed by atoms with Crippen molar-refractivity contribution in [2.24, 2.45) is 0 Å². The van der Waals surface area contributed by atoms with Gasteiger partial charge in [-0.3, -0.25) is 0 Å². The van der Waals surface area contributed by atoms with E-state index in [4.69, 9.17) is 5.73 Å². The summed E-state index contributed by atoms with van der Waals surface area (Å²) in [4.78, 5) is 8.93. The fraction of sp³-hybridized carbons (Fsp3) is 0. The van der Waals surface area contributed by atoms with Gasteiger partial charge in [-0.05, 0) is 46.9 Å². The van der Waals surface area contributed by atoms with Gasteiger partial charge < -0.3 is 5.73 Å². The predicted molar refractivity (Wildman–Crippen MR) is 89.4 cm³/mol. The summed E-state index contributed by atoms with van der Waals surface area (Å²) in [6.45, 7) is 0. The van der Waals surface area contributed by atoms with Crippen LogP contribution in [0, 0.1) is 3.57 Å². The number of hydrogen-bond donors (Lipinski definition) is 1. The number of aromatic nitrogens is 2. The highest BCUT2D eigenvalue weighted by molar-refractivity contribution is 14.1. The summed E-state index contributed by atoms with van der Waals surface area (Å²) in [7, 11) is 0. The Kier molecular flexibility index (Phi) is 4.21. The number of para-hydroxylation sites is 1. The highest BCUT2D eigenvalue weighted by Gasteiger charge is 2.06. The van der Waals surface area contributed by atoms with E-state index in [0.717, 1.165) is 20.0 Å². The zero-order chi connectivity index (χ0) is 12.5. The minimum Gasteiger partial charge on any atom is -0.383 e. The van der Waals surface area contributed by atoms with Crippen molar-refractivity contribution >= 4 is 51.7 Å². The van der Waals surface area contributed by atoms with Gasteiger partial charge in [-0.25, -0.2) is 9.97 Å².